The molecule has 0 saturated carbocycles. The number of benzene rings is 2. The van der Waals surface area contributed by atoms with Crippen LogP contribution >= 0.6 is 11.6 Å². The number of aryl methyl sites for hydroxylation is 2. The molecule has 5 nitrogen and oxygen atoms in total. The second-order valence-corrected chi connectivity index (χ2v) is 7.13. The third-order valence-electron chi connectivity index (χ3n) is 3.90. The Labute approximate surface area is 165 Å². The van der Waals surface area contributed by atoms with Crippen LogP contribution < -0.4 is 15.0 Å². The third-order valence-corrected chi connectivity index (χ3v) is 4.19. The number of amides is 2. The molecule has 144 valence electrons. The number of ether oxygens (including phenoxy) is 1. The number of nitrogens with zero attached hydrogens (tertiary/aromatic N) is 1. The summed E-state index contributed by atoms with van der Waals surface area (Å²) in [6.07, 6.45) is -0.0530. The summed E-state index contributed by atoms with van der Waals surface area (Å²) in [5.74, 6) is -0.0323. The van der Waals surface area contributed by atoms with E-state index in [9.17, 15) is 9.59 Å². The van der Waals surface area contributed by atoms with Crippen molar-refractivity contribution in [3.8, 4) is 5.75 Å². The van der Waals surface area contributed by atoms with Crippen LogP contribution in [0.3, 0.4) is 0 Å². The molecule has 2 amide bonds. The summed E-state index contributed by atoms with van der Waals surface area (Å²) in [6, 6.07) is 10.9. The van der Waals surface area contributed by atoms with Crippen LogP contribution in [0.1, 0.15) is 31.9 Å². The van der Waals surface area contributed by atoms with Crippen molar-refractivity contribution < 1.29 is 14.3 Å². The number of hydrogen-bond acceptors (Lipinski definition) is 3. The molecule has 0 aliphatic rings. The summed E-state index contributed by atoms with van der Waals surface area (Å²) in [5.41, 5.74) is 3.00. The van der Waals surface area contributed by atoms with Gasteiger partial charge in [-0.25, -0.2) is 0 Å². The van der Waals surface area contributed by atoms with E-state index in [1.165, 1.54) is 11.8 Å². The molecule has 0 unspecified atom stereocenters. The number of rotatable bonds is 6. The van der Waals surface area contributed by atoms with Crippen LogP contribution in [-0.2, 0) is 9.59 Å². The van der Waals surface area contributed by atoms with Crippen LogP contribution in [0.15, 0.2) is 36.4 Å². The van der Waals surface area contributed by atoms with Gasteiger partial charge >= 0.3 is 0 Å². The maximum Gasteiger partial charge on any atom is 0.244 e. The van der Waals surface area contributed by atoms with E-state index in [1.807, 2.05) is 39.8 Å². The van der Waals surface area contributed by atoms with Gasteiger partial charge in [-0.05, 0) is 57.0 Å². The molecule has 0 bridgehead atoms. The lowest BCUT2D eigenvalue weighted by molar-refractivity contribution is -0.120. The Bertz CT molecular complexity index is 826. The molecule has 0 atom stereocenters. The van der Waals surface area contributed by atoms with Gasteiger partial charge in [-0.2, -0.15) is 0 Å². The van der Waals surface area contributed by atoms with E-state index in [1.54, 1.807) is 24.3 Å². The third kappa shape index (κ3) is 5.47. The standard InChI is InChI=1S/C21H25ClN2O3/c1-13(2)27-19-9-7-6-8-18(19)24(16(5)25)12-20(26)23-21-15(4)10-14(3)11-17(21)22/h6-11,13H,12H2,1-5H3,(H,23,26). The second-order valence-electron chi connectivity index (χ2n) is 6.73. The molecule has 27 heavy (non-hydrogen) atoms. The highest BCUT2D eigenvalue weighted by molar-refractivity contribution is 6.34. The van der Waals surface area contributed by atoms with E-state index < -0.39 is 0 Å². The van der Waals surface area contributed by atoms with E-state index in [-0.39, 0.29) is 24.5 Å². The lowest BCUT2D eigenvalue weighted by atomic mass is 10.1. The summed E-state index contributed by atoms with van der Waals surface area (Å²) in [6.45, 7) is 8.91. The summed E-state index contributed by atoms with van der Waals surface area (Å²) in [7, 11) is 0. The van der Waals surface area contributed by atoms with Gasteiger partial charge in [0.25, 0.3) is 0 Å². The monoisotopic (exact) mass is 388 g/mol. The SMILES string of the molecule is CC(=O)N(CC(=O)Nc1c(C)cc(C)cc1Cl)c1ccccc1OC(C)C. The van der Waals surface area contributed by atoms with Gasteiger partial charge in [0.15, 0.2) is 0 Å². The van der Waals surface area contributed by atoms with Gasteiger partial charge in [0, 0.05) is 6.92 Å². The number of nitrogens with one attached hydrogen (secondary N) is 1. The lowest BCUT2D eigenvalue weighted by Gasteiger charge is -2.24. The fraction of sp³-hybridized carbons (Fsp3) is 0.333. The van der Waals surface area contributed by atoms with Crippen molar-refractivity contribution >= 4 is 34.8 Å². The normalized spacial score (nSPS) is 10.6. The molecule has 1 N–H and O–H groups in total. The molecular weight excluding hydrogens is 364 g/mol. The molecule has 0 fully saturated rings. The van der Waals surface area contributed by atoms with Gasteiger partial charge in [0.05, 0.1) is 22.5 Å². The maximum absolute atomic E-state index is 12.6. The molecular formula is C21H25ClN2O3. The highest BCUT2D eigenvalue weighted by Gasteiger charge is 2.21. The smallest absolute Gasteiger partial charge is 0.244 e. The van der Waals surface area contributed by atoms with Crippen LogP contribution in [0, 0.1) is 13.8 Å². The molecule has 0 aromatic heterocycles. The fourth-order valence-corrected chi connectivity index (χ4v) is 3.16. The van der Waals surface area contributed by atoms with E-state index in [0.29, 0.717) is 22.1 Å². The van der Waals surface area contributed by atoms with Crippen LogP contribution in [0.25, 0.3) is 0 Å². The van der Waals surface area contributed by atoms with Crippen LogP contribution in [0.2, 0.25) is 5.02 Å². The number of carbonyl (C=O) groups is 2. The first kappa shape index (κ1) is 20.8. The van der Waals surface area contributed by atoms with E-state index in [2.05, 4.69) is 5.32 Å². The molecule has 2 aromatic carbocycles. The average Bonchev–Trinajstić information content (AvgIpc) is 2.56. The minimum absolute atomic E-state index is 0.0530. The Morgan fingerprint density at radius 3 is 2.44 bits per heavy atom. The van der Waals surface area contributed by atoms with Crippen molar-refractivity contribution in [2.45, 2.75) is 40.7 Å². The highest BCUT2D eigenvalue weighted by Crippen LogP contribution is 2.30. The number of carbonyl (C=O) groups excluding carboxylic acids is 2. The first-order valence-corrected chi connectivity index (χ1v) is 9.17. The largest absolute Gasteiger partial charge is 0.489 e. The Morgan fingerprint density at radius 2 is 1.85 bits per heavy atom. The van der Waals surface area contributed by atoms with Crippen molar-refractivity contribution in [1.29, 1.82) is 0 Å². The Balaban J connectivity index is 2.25. The lowest BCUT2D eigenvalue weighted by Crippen LogP contribution is -2.37. The zero-order valence-corrected chi connectivity index (χ0v) is 17.1. The summed E-state index contributed by atoms with van der Waals surface area (Å²) >= 11 is 6.26. The maximum atomic E-state index is 12.6. The molecule has 0 spiro atoms. The number of anilines is 2. The molecule has 0 heterocycles. The molecule has 2 rings (SSSR count). The van der Waals surface area contributed by atoms with Crippen molar-refractivity contribution in [2.24, 2.45) is 0 Å². The van der Waals surface area contributed by atoms with Crippen molar-refractivity contribution in [3.63, 3.8) is 0 Å². The van der Waals surface area contributed by atoms with Crippen molar-refractivity contribution in [2.75, 3.05) is 16.8 Å². The van der Waals surface area contributed by atoms with Crippen LogP contribution in [0.4, 0.5) is 11.4 Å². The highest BCUT2D eigenvalue weighted by atomic mass is 35.5. The molecule has 0 aliphatic heterocycles. The Hall–Kier alpha value is -2.53. The van der Waals surface area contributed by atoms with E-state index in [0.717, 1.165) is 11.1 Å². The second kappa shape index (κ2) is 8.91. The van der Waals surface area contributed by atoms with Crippen LogP contribution in [-0.4, -0.2) is 24.5 Å². The van der Waals surface area contributed by atoms with Crippen molar-refractivity contribution in [3.05, 3.63) is 52.5 Å². The molecule has 0 aliphatic carbocycles. The molecule has 2 aromatic rings. The van der Waals surface area contributed by atoms with Gasteiger partial charge in [0.2, 0.25) is 11.8 Å². The van der Waals surface area contributed by atoms with Gasteiger partial charge in [-0.1, -0.05) is 29.8 Å². The van der Waals surface area contributed by atoms with E-state index >= 15 is 0 Å². The van der Waals surface area contributed by atoms with Gasteiger partial charge in [-0.3, -0.25) is 14.5 Å². The van der Waals surface area contributed by atoms with Crippen molar-refractivity contribution in [1.82, 2.24) is 0 Å². The number of para-hydroxylation sites is 2. The quantitative estimate of drug-likeness (QED) is 0.777. The van der Waals surface area contributed by atoms with Crippen LogP contribution in [0.5, 0.6) is 5.75 Å². The molecule has 6 heteroatoms. The van der Waals surface area contributed by atoms with Gasteiger partial charge in [0.1, 0.15) is 12.3 Å². The predicted octanol–water partition coefficient (Wildman–Crippen LogP) is 4.74. The minimum Gasteiger partial charge on any atom is -0.489 e. The topological polar surface area (TPSA) is 58.6 Å². The van der Waals surface area contributed by atoms with Gasteiger partial charge in [-0.15, -0.1) is 0 Å². The summed E-state index contributed by atoms with van der Waals surface area (Å²) in [5, 5.41) is 3.29. The van der Waals surface area contributed by atoms with Gasteiger partial charge < -0.3 is 10.1 Å². The fourth-order valence-electron chi connectivity index (χ4n) is 2.80. The first-order chi connectivity index (χ1) is 12.7. The van der Waals surface area contributed by atoms with E-state index in [4.69, 9.17) is 16.3 Å². The predicted molar refractivity (Wildman–Crippen MR) is 110 cm³/mol. The Morgan fingerprint density at radius 1 is 1.19 bits per heavy atom. The number of hydrogen-bond donors (Lipinski definition) is 1. The summed E-state index contributed by atoms with van der Waals surface area (Å²) < 4.78 is 5.78. The average molecular weight is 389 g/mol. The zero-order valence-electron chi connectivity index (χ0n) is 16.3. The minimum atomic E-state index is -0.335. The summed E-state index contributed by atoms with van der Waals surface area (Å²) in [4.78, 5) is 26.2. The number of halogens is 1. The first-order valence-electron chi connectivity index (χ1n) is 8.79. The zero-order chi connectivity index (χ0) is 20.1. The molecule has 0 saturated heterocycles. The molecule has 0 radical (unpaired) electrons. The Kier molecular flexibility index (Phi) is 6.86.